The number of aromatic nitrogens is 3. The second-order valence-electron chi connectivity index (χ2n) is 3.65. The number of nitrogens with zero attached hydrogens (tertiary/aromatic N) is 3. The summed E-state index contributed by atoms with van der Waals surface area (Å²) in [6.07, 6.45) is 1.75. The highest BCUT2D eigenvalue weighted by atomic mass is 15.0. The Hall–Kier alpha value is -1.97. The van der Waals surface area contributed by atoms with Crippen LogP contribution in [0.3, 0.4) is 0 Å². The van der Waals surface area contributed by atoms with Gasteiger partial charge in [0.05, 0.1) is 0 Å². The molecule has 0 amide bonds. The van der Waals surface area contributed by atoms with Crippen LogP contribution in [0, 0.1) is 13.8 Å². The van der Waals surface area contributed by atoms with Crippen LogP contribution in [-0.2, 0) is 0 Å². The summed E-state index contributed by atoms with van der Waals surface area (Å²) in [5, 5.41) is 3.00. The van der Waals surface area contributed by atoms with Crippen molar-refractivity contribution < 1.29 is 0 Å². The number of rotatable bonds is 2. The van der Waals surface area contributed by atoms with Crippen LogP contribution in [-0.4, -0.2) is 22.0 Å². The molecule has 0 radical (unpaired) electrons. The number of pyridine rings is 1. The first-order valence-corrected chi connectivity index (χ1v) is 5.15. The van der Waals surface area contributed by atoms with E-state index < -0.39 is 0 Å². The lowest BCUT2D eigenvalue weighted by Crippen LogP contribution is -1.97. The van der Waals surface area contributed by atoms with E-state index >= 15 is 0 Å². The van der Waals surface area contributed by atoms with E-state index in [1.165, 1.54) is 0 Å². The molecular formula is C12H14N4. The van der Waals surface area contributed by atoms with Crippen LogP contribution >= 0.6 is 0 Å². The second kappa shape index (κ2) is 4.26. The van der Waals surface area contributed by atoms with E-state index in [9.17, 15) is 0 Å². The Bertz CT molecular complexity index is 488. The predicted molar refractivity (Wildman–Crippen MR) is 64.3 cm³/mol. The van der Waals surface area contributed by atoms with Crippen LogP contribution in [0.4, 0.5) is 5.82 Å². The van der Waals surface area contributed by atoms with Crippen LogP contribution in [0.15, 0.2) is 24.4 Å². The van der Waals surface area contributed by atoms with E-state index in [0.717, 1.165) is 28.6 Å². The topological polar surface area (TPSA) is 50.7 Å². The third-order valence-electron chi connectivity index (χ3n) is 2.25. The normalized spacial score (nSPS) is 10.2. The average Bonchev–Trinajstić information content (AvgIpc) is 2.28. The molecule has 4 heteroatoms. The molecule has 0 atom stereocenters. The molecule has 0 fully saturated rings. The lowest BCUT2D eigenvalue weighted by molar-refractivity contribution is 1.10. The van der Waals surface area contributed by atoms with Gasteiger partial charge in [-0.05, 0) is 32.0 Å². The lowest BCUT2D eigenvalue weighted by atomic mass is 10.2. The molecule has 0 aromatic carbocycles. The van der Waals surface area contributed by atoms with E-state index in [1.807, 2.05) is 39.1 Å². The van der Waals surface area contributed by atoms with Crippen LogP contribution in [0.5, 0.6) is 0 Å². The largest absolute Gasteiger partial charge is 0.373 e. The third kappa shape index (κ3) is 2.16. The zero-order valence-corrected chi connectivity index (χ0v) is 9.65. The van der Waals surface area contributed by atoms with Crippen molar-refractivity contribution in [2.75, 3.05) is 12.4 Å². The molecule has 0 spiro atoms. The van der Waals surface area contributed by atoms with Crippen molar-refractivity contribution in [1.29, 1.82) is 0 Å². The van der Waals surface area contributed by atoms with Crippen molar-refractivity contribution in [3.63, 3.8) is 0 Å². The van der Waals surface area contributed by atoms with Gasteiger partial charge in [-0.2, -0.15) is 0 Å². The van der Waals surface area contributed by atoms with E-state index in [-0.39, 0.29) is 0 Å². The number of aryl methyl sites for hydroxylation is 2. The lowest BCUT2D eigenvalue weighted by Gasteiger charge is -2.04. The van der Waals surface area contributed by atoms with Gasteiger partial charge >= 0.3 is 0 Å². The fraction of sp³-hybridized carbons (Fsp3) is 0.250. The van der Waals surface area contributed by atoms with Crippen molar-refractivity contribution in [3.05, 3.63) is 35.8 Å². The van der Waals surface area contributed by atoms with Gasteiger partial charge in [0.25, 0.3) is 0 Å². The zero-order valence-electron chi connectivity index (χ0n) is 9.65. The number of hydrogen-bond acceptors (Lipinski definition) is 4. The molecule has 16 heavy (non-hydrogen) atoms. The fourth-order valence-electron chi connectivity index (χ4n) is 1.60. The molecule has 4 nitrogen and oxygen atoms in total. The molecule has 0 saturated carbocycles. The summed E-state index contributed by atoms with van der Waals surface area (Å²) in [5.41, 5.74) is 2.96. The quantitative estimate of drug-likeness (QED) is 0.832. The maximum Gasteiger partial charge on any atom is 0.161 e. The van der Waals surface area contributed by atoms with Crippen molar-refractivity contribution in [3.8, 4) is 11.4 Å². The molecule has 1 N–H and O–H groups in total. The van der Waals surface area contributed by atoms with Gasteiger partial charge in [-0.15, -0.1) is 0 Å². The van der Waals surface area contributed by atoms with E-state index in [0.29, 0.717) is 0 Å². The van der Waals surface area contributed by atoms with Crippen molar-refractivity contribution in [1.82, 2.24) is 15.0 Å². The predicted octanol–water partition coefficient (Wildman–Crippen LogP) is 2.20. The van der Waals surface area contributed by atoms with Crippen molar-refractivity contribution in [2.24, 2.45) is 0 Å². The standard InChI is InChI=1S/C12H14N4/c1-8-6-10(7-9(2)15-8)12-14-5-4-11(13-3)16-12/h4-7H,1-3H3,(H,13,14,16). The summed E-state index contributed by atoms with van der Waals surface area (Å²) in [7, 11) is 1.84. The fourth-order valence-corrected chi connectivity index (χ4v) is 1.60. The second-order valence-corrected chi connectivity index (χ2v) is 3.65. The highest BCUT2D eigenvalue weighted by molar-refractivity contribution is 5.57. The summed E-state index contributed by atoms with van der Waals surface area (Å²) >= 11 is 0. The molecule has 0 bridgehead atoms. The number of hydrogen-bond donors (Lipinski definition) is 1. The molecule has 0 aliphatic rings. The first-order valence-electron chi connectivity index (χ1n) is 5.15. The maximum atomic E-state index is 4.39. The van der Waals surface area contributed by atoms with Crippen LogP contribution in [0.25, 0.3) is 11.4 Å². The molecule has 2 aromatic heterocycles. The van der Waals surface area contributed by atoms with E-state index in [1.54, 1.807) is 6.20 Å². The number of anilines is 1. The van der Waals surface area contributed by atoms with Crippen molar-refractivity contribution in [2.45, 2.75) is 13.8 Å². The maximum absolute atomic E-state index is 4.39. The van der Waals surface area contributed by atoms with Gasteiger partial charge in [0, 0.05) is 30.2 Å². The Balaban J connectivity index is 2.49. The smallest absolute Gasteiger partial charge is 0.161 e. The minimum Gasteiger partial charge on any atom is -0.373 e. The van der Waals surface area contributed by atoms with E-state index in [2.05, 4.69) is 20.3 Å². The van der Waals surface area contributed by atoms with Gasteiger partial charge in [0.2, 0.25) is 0 Å². The van der Waals surface area contributed by atoms with Gasteiger partial charge in [0.1, 0.15) is 5.82 Å². The number of nitrogens with one attached hydrogen (secondary N) is 1. The zero-order chi connectivity index (χ0) is 11.5. The van der Waals surface area contributed by atoms with E-state index in [4.69, 9.17) is 0 Å². The molecule has 2 rings (SSSR count). The highest BCUT2D eigenvalue weighted by Gasteiger charge is 2.04. The molecule has 0 unspecified atom stereocenters. The minimum absolute atomic E-state index is 0.723. The van der Waals surface area contributed by atoms with Gasteiger partial charge < -0.3 is 5.32 Å². The first-order chi connectivity index (χ1) is 7.69. The summed E-state index contributed by atoms with van der Waals surface area (Å²) in [5.74, 6) is 1.54. The average molecular weight is 214 g/mol. The molecule has 0 saturated heterocycles. The summed E-state index contributed by atoms with van der Waals surface area (Å²) in [4.78, 5) is 13.0. The first kappa shape index (κ1) is 10.5. The van der Waals surface area contributed by atoms with Crippen LogP contribution in [0.1, 0.15) is 11.4 Å². The van der Waals surface area contributed by atoms with Gasteiger partial charge in [0.15, 0.2) is 5.82 Å². The van der Waals surface area contributed by atoms with Crippen molar-refractivity contribution >= 4 is 5.82 Å². The van der Waals surface area contributed by atoms with Crippen LogP contribution in [0.2, 0.25) is 0 Å². The Labute approximate surface area is 94.8 Å². The highest BCUT2D eigenvalue weighted by Crippen LogP contribution is 2.17. The van der Waals surface area contributed by atoms with Gasteiger partial charge in [-0.1, -0.05) is 0 Å². The molecule has 0 aliphatic heterocycles. The monoisotopic (exact) mass is 214 g/mol. The summed E-state index contributed by atoms with van der Waals surface area (Å²) in [6, 6.07) is 5.81. The summed E-state index contributed by atoms with van der Waals surface area (Å²) in [6.45, 7) is 3.94. The molecule has 0 aliphatic carbocycles. The summed E-state index contributed by atoms with van der Waals surface area (Å²) < 4.78 is 0. The van der Waals surface area contributed by atoms with Gasteiger partial charge in [-0.3, -0.25) is 4.98 Å². The molecule has 82 valence electrons. The Morgan fingerprint density at radius 2 is 1.75 bits per heavy atom. The minimum atomic E-state index is 0.723. The Morgan fingerprint density at radius 3 is 2.38 bits per heavy atom. The Kier molecular flexibility index (Phi) is 2.81. The molecule has 2 heterocycles. The SMILES string of the molecule is CNc1ccnc(-c2cc(C)nc(C)c2)n1. The third-order valence-corrected chi connectivity index (χ3v) is 2.25. The molecule has 2 aromatic rings. The van der Waals surface area contributed by atoms with Gasteiger partial charge in [-0.25, -0.2) is 9.97 Å². The molecular weight excluding hydrogens is 200 g/mol. The van der Waals surface area contributed by atoms with Crippen LogP contribution < -0.4 is 5.32 Å². The Morgan fingerprint density at radius 1 is 1.06 bits per heavy atom.